The zero-order valence-corrected chi connectivity index (χ0v) is 11.7. The number of benzene rings is 1. The summed E-state index contributed by atoms with van der Waals surface area (Å²) in [6.07, 6.45) is 3.59. The molecule has 1 aromatic heterocycles. The van der Waals surface area contributed by atoms with Gasteiger partial charge in [0.25, 0.3) is 0 Å². The Morgan fingerprint density at radius 3 is 2.68 bits per heavy atom. The molecule has 2 heterocycles. The van der Waals surface area contributed by atoms with E-state index in [4.69, 9.17) is 4.98 Å². The summed E-state index contributed by atoms with van der Waals surface area (Å²) in [7, 11) is 1.98. The van der Waals surface area contributed by atoms with Gasteiger partial charge in [-0.15, -0.1) is 0 Å². The van der Waals surface area contributed by atoms with E-state index in [0.29, 0.717) is 0 Å². The molecule has 1 aromatic carbocycles. The van der Waals surface area contributed by atoms with Crippen LogP contribution in [0.4, 0.5) is 11.4 Å². The average molecular weight is 255 g/mol. The van der Waals surface area contributed by atoms with E-state index >= 15 is 0 Å². The smallest absolute Gasteiger partial charge is 0.0727 e. The number of aryl methyl sites for hydroxylation is 1. The molecule has 0 bridgehead atoms. The summed E-state index contributed by atoms with van der Waals surface area (Å²) >= 11 is 0. The minimum absolute atomic E-state index is 0.971. The second-order valence-electron chi connectivity index (χ2n) is 5.16. The van der Waals surface area contributed by atoms with Gasteiger partial charge in [-0.05, 0) is 43.5 Å². The van der Waals surface area contributed by atoms with Crippen molar-refractivity contribution in [2.24, 2.45) is 0 Å². The van der Waals surface area contributed by atoms with E-state index in [9.17, 15) is 0 Å². The fourth-order valence-corrected chi connectivity index (χ4v) is 2.83. The van der Waals surface area contributed by atoms with Crippen molar-refractivity contribution in [2.45, 2.75) is 26.2 Å². The zero-order valence-electron chi connectivity index (χ0n) is 11.7. The Hall–Kier alpha value is -1.77. The van der Waals surface area contributed by atoms with Crippen molar-refractivity contribution in [3.05, 3.63) is 30.0 Å². The Balaban J connectivity index is 2.10. The van der Waals surface area contributed by atoms with Gasteiger partial charge in [0, 0.05) is 42.6 Å². The number of hydrogen-bond acceptors (Lipinski definition) is 3. The van der Waals surface area contributed by atoms with Crippen LogP contribution in [0.1, 0.15) is 25.5 Å². The van der Waals surface area contributed by atoms with Crippen molar-refractivity contribution in [1.29, 1.82) is 0 Å². The van der Waals surface area contributed by atoms with Crippen LogP contribution in [-0.4, -0.2) is 25.1 Å². The Bertz CT molecular complexity index is 586. The Labute approximate surface area is 114 Å². The van der Waals surface area contributed by atoms with Crippen molar-refractivity contribution in [3.63, 3.8) is 0 Å². The molecule has 3 heteroatoms. The number of hydrogen-bond donors (Lipinski definition) is 1. The summed E-state index contributed by atoms with van der Waals surface area (Å²) in [5.41, 5.74) is 4.74. The van der Waals surface area contributed by atoms with Gasteiger partial charge in [-0.1, -0.05) is 6.92 Å². The largest absolute Gasteiger partial charge is 0.388 e. The molecule has 1 aliphatic rings. The van der Waals surface area contributed by atoms with E-state index in [1.807, 2.05) is 7.05 Å². The third-order valence-corrected chi connectivity index (χ3v) is 3.95. The van der Waals surface area contributed by atoms with E-state index in [0.717, 1.165) is 17.6 Å². The van der Waals surface area contributed by atoms with Gasteiger partial charge >= 0.3 is 0 Å². The Morgan fingerprint density at radius 1 is 1.21 bits per heavy atom. The van der Waals surface area contributed by atoms with Crippen LogP contribution in [0.5, 0.6) is 0 Å². The van der Waals surface area contributed by atoms with Gasteiger partial charge in [-0.25, -0.2) is 0 Å². The predicted octanol–water partition coefficient (Wildman–Crippen LogP) is 3.44. The van der Waals surface area contributed by atoms with E-state index in [-0.39, 0.29) is 0 Å². The van der Waals surface area contributed by atoms with Crippen molar-refractivity contribution in [3.8, 4) is 0 Å². The molecule has 1 fully saturated rings. The molecule has 1 aliphatic heterocycles. The maximum absolute atomic E-state index is 4.71. The highest BCUT2D eigenvalue weighted by atomic mass is 15.1. The normalized spacial score (nSPS) is 15.2. The van der Waals surface area contributed by atoms with Gasteiger partial charge in [0.15, 0.2) is 0 Å². The van der Waals surface area contributed by atoms with Gasteiger partial charge in [0.1, 0.15) is 0 Å². The molecule has 1 N–H and O–H groups in total. The van der Waals surface area contributed by atoms with Crippen LogP contribution in [0.2, 0.25) is 0 Å². The first kappa shape index (κ1) is 12.3. The molecule has 19 heavy (non-hydrogen) atoms. The molecule has 100 valence electrons. The summed E-state index contributed by atoms with van der Waals surface area (Å²) in [5.74, 6) is 0. The molecule has 2 aromatic rings. The van der Waals surface area contributed by atoms with Crippen molar-refractivity contribution in [2.75, 3.05) is 30.4 Å². The minimum atomic E-state index is 0.971. The van der Waals surface area contributed by atoms with Gasteiger partial charge < -0.3 is 10.2 Å². The lowest BCUT2D eigenvalue weighted by atomic mass is 10.1. The van der Waals surface area contributed by atoms with Crippen LogP contribution in [0.15, 0.2) is 24.3 Å². The molecule has 0 saturated carbocycles. The Kier molecular flexibility index (Phi) is 3.28. The van der Waals surface area contributed by atoms with Crippen LogP contribution in [0, 0.1) is 0 Å². The van der Waals surface area contributed by atoms with E-state index in [2.05, 4.69) is 41.4 Å². The summed E-state index contributed by atoms with van der Waals surface area (Å²) in [4.78, 5) is 7.18. The first-order chi connectivity index (χ1) is 9.31. The van der Waals surface area contributed by atoms with Gasteiger partial charge in [0.05, 0.1) is 5.52 Å². The van der Waals surface area contributed by atoms with Gasteiger partial charge in [-0.3, -0.25) is 4.98 Å². The van der Waals surface area contributed by atoms with Gasteiger partial charge in [-0.2, -0.15) is 0 Å². The van der Waals surface area contributed by atoms with Crippen molar-refractivity contribution < 1.29 is 0 Å². The minimum Gasteiger partial charge on any atom is -0.388 e. The second-order valence-corrected chi connectivity index (χ2v) is 5.16. The number of rotatable bonds is 3. The number of nitrogens with one attached hydrogen (secondary N) is 1. The number of anilines is 2. The van der Waals surface area contributed by atoms with E-state index in [1.165, 1.54) is 42.7 Å². The van der Waals surface area contributed by atoms with Crippen molar-refractivity contribution >= 4 is 22.3 Å². The monoisotopic (exact) mass is 255 g/mol. The fourth-order valence-electron chi connectivity index (χ4n) is 2.83. The topological polar surface area (TPSA) is 28.2 Å². The highest BCUT2D eigenvalue weighted by Crippen LogP contribution is 2.29. The molecule has 0 spiro atoms. The molecule has 0 atom stereocenters. The quantitative estimate of drug-likeness (QED) is 0.910. The molecule has 0 aliphatic carbocycles. The predicted molar refractivity (Wildman–Crippen MR) is 82.1 cm³/mol. The van der Waals surface area contributed by atoms with E-state index < -0.39 is 0 Å². The first-order valence-electron chi connectivity index (χ1n) is 7.18. The molecule has 0 amide bonds. The van der Waals surface area contributed by atoms with Gasteiger partial charge in [0.2, 0.25) is 0 Å². The molecule has 1 saturated heterocycles. The van der Waals surface area contributed by atoms with E-state index in [1.54, 1.807) is 0 Å². The summed E-state index contributed by atoms with van der Waals surface area (Å²) in [6, 6.07) is 8.80. The maximum Gasteiger partial charge on any atom is 0.0727 e. The lowest BCUT2D eigenvalue weighted by molar-refractivity contribution is 0.949. The molecule has 0 unspecified atom stereocenters. The lowest BCUT2D eigenvalue weighted by Gasteiger charge is -2.19. The molecular formula is C16H21N3. The number of pyridine rings is 1. The number of aromatic nitrogens is 1. The lowest BCUT2D eigenvalue weighted by Crippen LogP contribution is -2.17. The highest BCUT2D eigenvalue weighted by molar-refractivity contribution is 5.93. The van der Waals surface area contributed by atoms with Crippen LogP contribution < -0.4 is 10.2 Å². The van der Waals surface area contributed by atoms with Crippen LogP contribution in [-0.2, 0) is 6.42 Å². The summed E-state index contributed by atoms with van der Waals surface area (Å²) in [5, 5.41) is 4.53. The molecule has 0 radical (unpaired) electrons. The first-order valence-corrected chi connectivity index (χ1v) is 7.18. The highest BCUT2D eigenvalue weighted by Gasteiger charge is 2.13. The standard InChI is InChI=1S/C16H21N3/c1-3-12-10-16(17-2)14-11-13(6-7-15(14)18-12)19-8-4-5-9-19/h6-7,10-11H,3-5,8-9H2,1-2H3,(H,17,18). The second kappa shape index (κ2) is 5.08. The maximum atomic E-state index is 4.71. The molecule has 3 rings (SSSR count). The fraction of sp³-hybridized carbons (Fsp3) is 0.438. The van der Waals surface area contributed by atoms with Crippen LogP contribution in [0.3, 0.4) is 0 Å². The third-order valence-electron chi connectivity index (χ3n) is 3.95. The zero-order chi connectivity index (χ0) is 13.2. The third kappa shape index (κ3) is 2.25. The SMILES string of the molecule is CCc1cc(NC)c2cc(N3CCCC3)ccc2n1. The van der Waals surface area contributed by atoms with Crippen LogP contribution in [0.25, 0.3) is 10.9 Å². The number of fused-ring (bicyclic) bond motifs is 1. The van der Waals surface area contributed by atoms with Crippen LogP contribution >= 0.6 is 0 Å². The summed E-state index contributed by atoms with van der Waals surface area (Å²) < 4.78 is 0. The summed E-state index contributed by atoms with van der Waals surface area (Å²) in [6.45, 7) is 4.51. The molecule has 3 nitrogen and oxygen atoms in total. The number of nitrogens with zero attached hydrogens (tertiary/aromatic N) is 2. The Morgan fingerprint density at radius 2 is 2.00 bits per heavy atom. The molecular weight excluding hydrogens is 234 g/mol. The van der Waals surface area contributed by atoms with Crippen molar-refractivity contribution in [1.82, 2.24) is 4.98 Å². The average Bonchev–Trinajstić information content (AvgIpc) is 2.99.